The highest BCUT2D eigenvalue weighted by molar-refractivity contribution is 5.87. The molecule has 0 heterocycles. The van der Waals surface area contributed by atoms with Gasteiger partial charge in [-0.1, -0.05) is 19.2 Å². The van der Waals surface area contributed by atoms with Gasteiger partial charge in [-0.3, -0.25) is 0 Å². The maximum atomic E-state index is 10.9. The maximum absolute atomic E-state index is 10.9. The van der Waals surface area contributed by atoms with Gasteiger partial charge >= 0.3 is 24.0 Å². The van der Waals surface area contributed by atoms with Gasteiger partial charge < -0.3 is 29.3 Å². The van der Waals surface area contributed by atoms with Crippen LogP contribution in [0.2, 0.25) is 0 Å². The summed E-state index contributed by atoms with van der Waals surface area (Å²) >= 11 is 0. The molecule has 11 nitrogen and oxygen atoms in total. The van der Waals surface area contributed by atoms with Gasteiger partial charge in [0, 0.05) is 36.9 Å². The molecule has 0 aliphatic heterocycles. The van der Waals surface area contributed by atoms with Crippen molar-refractivity contribution in [3.05, 3.63) is 36.5 Å². The average molecular weight is 462 g/mol. The predicted molar refractivity (Wildman–Crippen MR) is 116 cm³/mol. The molecule has 0 aromatic heterocycles. The second-order valence-corrected chi connectivity index (χ2v) is 5.56. The van der Waals surface area contributed by atoms with Crippen LogP contribution in [0.25, 0.3) is 0 Å². The molecular formula is C21H35NO10. The minimum atomic E-state index is -0.803. The second-order valence-electron chi connectivity index (χ2n) is 5.56. The van der Waals surface area contributed by atoms with Crippen LogP contribution < -0.4 is 5.48 Å². The van der Waals surface area contributed by atoms with Crippen molar-refractivity contribution in [2.45, 2.75) is 40.5 Å². The third kappa shape index (κ3) is 24.9. The van der Waals surface area contributed by atoms with Gasteiger partial charge in [-0.2, -0.15) is 0 Å². The highest BCUT2D eigenvalue weighted by atomic mass is 16.7. The molecule has 184 valence electrons. The van der Waals surface area contributed by atoms with E-state index in [-0.39, 0.29) is 32.4 Å². The van der Waals surface area contributed by atoms with Gasteiger partial charge in [-0.05, 0) is 34.1 Å². The second kappa shape index (κ2) is 24.1. The molecule has 0 saturated carbocycles. The SMILES string of the molecule is C=C(C)C(=O)OCCCO.C=CC(=O)ONC(=O)OCC.CCOC(=O)C(C)=CCCO. The lowest BCUT2D eigenvalue weighted by Gasteiger charge is -2.02. The number of carbonyl (C=O) groups excluding carboxylic acids is 4. The fourth-order valence-electron chi connectivity index (χ4n) is 1.26. The molecule has 3 N–H and O–H groups in total. The molecule has 0 spiro atoms. The van der Waals surface area contributed by atoms with Gasteiger partial charge in [-0.25, -0.2) is 19.2 Å². The first-order valence-corrected chi connectivity index (χ1v) is 9.75. The molecule has 0 fully saturated rings. The van der Waals surface area contributed by atoms with Crippen LogP contribution in [0, 0.1) is 0 Å². The first-order chi connectivity index (χ1) is 15.1. The first kappa shape index (κ1) is 33.5. The zero-order valence-electron chi connectivity index (χ0n) is 19.2. The number of hydroxylamine groups is 1. The lowest BCUT2D eigenvalue weighted by atomic mass is 10.2. The molecule has 0 aromatic carbocycles. The van der Waals surface area contributed by atoms with Crippen molar-refractivity contribution in [1.82, 2.24) is 5.48 Å². The molecule has 0 bridgehead atoms. The minimum Gasteiger partial charge on any atom is -0.463 e. The van der Waals surface area contributed by atoms with Crippen molar-refractivity contribution < 1.29 is 48.4 Å². The maximum Gasteiger partial charge on any atom is 0.440 e. The minimum absolute atomic E-state index is 0.0451. The Morgan fingerprint density at radius 2 is 1.53 bits per heavy atom. The summed E-state index contributed by atoms with van der Waals surface area (Å²) in [7, 11) is 0. The number of esters is 2. The number of ether oxygens (including phenoxy) is 3. The Labute approximate surface area is 188 Å². The van der Waals surface area contributed by atoms with Crippen LogP contribution in [-0.4, -0.2) is 67.2 Å². The monoisotopic (exact) mass is 461 g/mol. The summed E-state index contributed by atoms with van der Waals surface area (Å²) < 4.78 is 13.7. The number of nitrogens with one attached hydrogen (secondary N) is 1. The van der Waals surface area contributed by atoms with Crippen LogP contribution in [0.5, 0.6) is 0 Å². The van der Waals surface area contributed by atoms with Gasteiger partial charge in [0.25, 0.3) is 0 Å². The van der Waals surface area contributed by atoms with E-state index < -0.39 is 18.0 Å². The van der Waals surface area contributed by atoms with Crippen molar-refractivity contribution >= 4 is 24.0 Å². The van der Waals surface area contributed by atoms with Crippen molar-refractivity contribution in [3.8, 4) is 0 Å². The largest absolute Gasteiger partial charge is 0.463 e. The zero-order valence-corrected chi connectivity index (χ0v) is 19.2. The molecule has 1 amide bonds. The van der Waals surface area contributed by atoms with E-state index >= 15 is 0 Å². The van der Waals surface area contributed by atoms with Gasteiger partial charge in [0.1, 0.15) is 0 Å². The van der Waals surface area contributed by atoms with Crippen molar-refractivity contribution in [2.24, 2.45) is 0 Å². The normalized spacial score (nSPS) is 9.50. The summed E-state index contributed by atoms with van der Waals surface area (Å²) in [6, 6.07) is 0. The van der Waals surface area contributed by atoms with Crippen LogP contribution in [0.3, 0.4) is 0 Å². The molecule has 0 aliphatic rings. The van der Waals surface area contributed by atoms with Gasteiger partial charge in [0.05, 0.1) is 19.8 Å². The van der Waals surface area contributed by atoms with E-state index in [4.69, 9.17) is 14.9 Å². The Kier molecular flexibility index (Phi) is 25.2. The van der Waals surface area contributed by atoms with Crippen molar-refractivity contribution in [1.29, 1.82) is 0 Å². The lowest BCUT2D eigenvalue weighted by Crippen LogP contribution is -2.26. The number of hydrogen-bond donors (Lipinski definition) is 3. The van der Waals surface area contributed by atoms with Crippen LogP contribution >= 0.6 is 0 Å². The van der Waals surface area contributed by atoms with Crippen molar-refractivity contribution in [3.63, 3.8) is 0 Å². The molecule has 0 radical (unpaired) electrons. The van der Waals surface area contributed by atoms with E-state index in [0.29, 0.717) is 30.6 Å². The van der Waals surface area contributed by atoms with Crippen LogP contribution in [0.15, 0.2) is 36.5 Å². The van der Waals surface area contributed by atoms with Crippen LogP contribution in [0.4, 0.5) is 4.79 Å². The van der Waals surface area contributed by atoms with E-state index in [1.165, 1.54) is 0 Å². The highest BCUT2D eigenvalue weighted by Gasteiger charge is 2.03. The molecule has 0 aliphatic carbocycles. The third-order valence-electron chi connectivity index (χ3n) is 2.74. The Balaban J connectivity index is -0.000000395. The van der Waals surface area contributed by atoms with E-state index in [2.05, 4.69) is 27.5 Å². The summed E-state index contributed by atoms with van der Waals surface area (Å²) in [6.07, 6.45) is 2.77. The molecule has 0 rings (SSSR count). The van der Waals surface area contributed by atoms with Crippen LogP contribution in [0.1, 0.15) is 40.5 Å². The van der Waals surface area contributed by atoms with E-state index in [1.54, 1.807) is 39.3 Å². The number of aliphatic hydroxyl groups excluding tert-OH is 2. The zero-order chi connectivity index (χ0) is 25.4. The van der Waals surface area contributed by atoms with Gasteiger partial charge in [0.15, 0.2) is 0 Å². The summed E-state index contributed by atoms with van der Waals surface area (Å²) in [4.78, 5) is 46.3. The molecule has 0 atom stereocenters. The fourth-order valence-corrected chi connectivity index (χ4v) is 1.26. The number of carbonyl (C=O) groups is 4. The highest BCUT2D eigenvalue weighted by Crippen LogP contribution is 1.97. The Hall–Kier alpha value is -3.18. The standard InChI is InChI=1S/C8H14O3.C7H12O3.C6H9NO4/c1-3-11-8(10)7(2)5-4-6-9;1-6(2)7(9)10-5-3-4-8;1-3-5(8)11-7-6(9)10-4-2/h5,9H,3-4,6H2,1-2H3;8H,1,3-5H2,2H3;3H,1,4H2,2H3,(H,7,9). The number of hydrogen-bond acceptors (Lipinski definition) is 10. The Morgan fingerprint density at radius 1 is 0.938 bits per heavy atom. The first-order valence-electron chi connectivity index (χ1n) is 9.75. The number of rotatable bonds is 10. The van der Waals surface area contributed by atoms with Crippen molar-refractivity contribution in [2.75, 3.05) is 33.0 Å². The Morgan fingerprint density at radius 3 is 1.97 bits per heavy atom. The predicted octanol–water partition coefficient (Wildman–Crippen LogP) is 1.74. The summed E-state index contributed by atoms with van der Waals surface area (Å²) in [5.74, 6) is -1.44. The number of aliphatic hydroxyl groups is 2. The lowest BCUT2D eigenvalue weighted by molar-refractivity contribution is -0.143. The van der Waals surface area contributed by atoms with E-state index in [9.17, 15) is 19.2 Å². The van der Waals surface area contributed by atoms with E-state index in [1.807, 2.05) is 0 Å². The summed E-state index contributed by atoms with van der Waals surface area (Å²) in [5.41, 5.74) is 2.70. The molecule has 0 saturated heterocycles. The van der Waals surface area contributed by atoms with Gasteiger partial charge in [-0.15, -0.1) is 5.48 Å². The van der Waals surface area contributed by atoms with Gasteiger partial charge in [0.2, 0.25) is 0 Å². The smallest absolute Gasteiger partial charge is 0.440 e. The molecule has 0 aromatic rings. The molecule has 11 heteroatoms. The fraction of sp³-hybridized carbons (Fsp3) is 0.524. The average Bonchev–Trinajstić information content (AvgIpc) is 2.77. The Bertz CT molecular complexity index is 614. The molecule has 0 unspecified atom stereocenters. The third-order valence-corrected chi connectivity index (χ3v) is 2.74. The quantitative estimate of drug-likeness (QED) is 0.144. The van der Waals surface area contributed by atoms with Crippen LogP contribution in [-0.2, 0) is 33.4 Å². The summed E-state index contributed by atoms with van der Waals surface area (Å²) in [5, 5.41) is 16.7. The summed E-state index contributed by atoms with van der Waals surface area (Å²) in [6.45, 7) is 14.2. The number of amides is 1. The molecular weight excluding hydrogens is 426 g/mol. The topological polar surface area (TPSA) is 158 Å². The molecule has 32 heavy (non-hydrogen) atoms. The van der Waals surface area contributed by atoms with E-state index in [0.717, 1.165) is 6.08 Å².